The van der Waals surface area contributed by atoms with Crippen LogP contribution in [0.5, 0.6) is 0 Å². The van der Waals surface area contributed by atoms with E-state index >= 15 is 0 Å². The molecule has 2 nitrogen and oxygen atoms in total. The molecule has 0 aromatic carbocycles. The Morgan fingerprint density at radius 2 is 1.89 bits per heavy atom. The van der Waals surface area contributed by atoms with Crippen LogP contribution in [-0.2, 0) is 30.6 Å². The standard InChI is InChI=1S/C16H25NO/c1-6-13-14(10-12(5)11-18)16(8-3)17(9-4)15(13)7-2/h8,11-12H,3,6-7,9-10H2,1-2,4-5H3/t12-/m0/s1. The Morgan fingerprint density at radius 3 is 2.28 bits per heavy atom. The molecule has 1 rings (SSSR count). The van der Waals surface area contributed by atoms with E-state index < -0.39 is 0 Å². The highest BCUT2D eigenvalue weighted by Crippen LogP contribution is 2.27. The molecule has 100 valence electrons. The number of hydrogen-bond acceptors (Lipinski definition) is 1. The number of rotatable bonds is 7. The number of nitrogens with zero attached hydrogens (tertiary/aromatic N) is 1. The summed E-state index contributed by atoms with van der Waals surface area (Å²) >= 11 is 0. The molecule has 0 aliphatic rings. The van der Waals surface area contributed by atoms with Gasteiger partial charge in [-0.1, -0.05) is 27.4 Å². The molecule has 1 aromatic heterocycles. The fraction of sp³-hybridized carbons (Fsp3) is 0.562. The van der Waals surface area contributed by atoms with Gasteiger partial charge in [-0.15, -0.1) is 0 Å². The first-order valence-electron chi connectivity index (χ1n) is 6.95. The van der Waals surface area contributed by atoms with Crippen molar-refractivity contribution < 1.29 is 4.79 Å². The Labute approximate surface area is 111 Å². The van der Waals surface area contributed by atoms with Crippen molar-refractivity contribution in [1.82, 2.24) is 4.57 Å². The zero-order valence-corrected chi connectivity index (χ0v) is 12.1. The summed E-state index contributed by atoms with van der Waals surface area (Å²) in [7, 11) is 0. The van der Waals surface area contributed by atoms with E-state index in [2.05, 4.69) is 31.9 Å². The zero-order valence-electron chi connectivity index (χ0n) is 12.1. The minimum atomic E-state index is 0.0754. The van der Waals surface area contributed by atoms with Gasteiger partial charge in [-0.25, -0.2) is 0 Å². The molecule has 0 saturated heterocycles. The van der Waals surface area contributed by atoms with Gasteiger partial charge in [0.05, 0.1) is 0 Å². The average Bonchev–Trinajstić information content (AvgIpc) is 2.69. The first kappa shape index (κ1) is 14.7. The molecule has 0 bridgehead atoms. The zero-order chi connectivity index (χ0) is 13.7. The molecule has 2 heteroatoms. The summed E-state index contributed by atoms with van der Waals surface area (Å²) in [5, 5.41) is 0. The van der Waals surface area contributed by atoms with Crippen molar-refractivity contribution in [2.75, 3.05) is 0 Å². The van der Waals surface area contributed by atoms with Gasteiger partial charge in [0.1, 0.15) is 6.29 Å². The smallest absolute Gasteiger partial charge is 0.123 e. The second-order valence-corrected chi connectivity index (χ2v) is 4.76. The Hall–Kier alpha value is -1.31. The molecule has 1 aromatic rings. The van der Waals surface area contributed by atoms with E-state index in [1.807, 2.05) is 13.0 Å². The second-order valence-electron chi connectivity index (χ2n) is 4.76. The van der Waals surface area contributed by atoms with Crippen LogP contribution in [0.3, 0.4) is 0 Å². The topological polar surface area (TPSA) is 22.0 Å². The summed E-state index contributed by atoms with van der Waals surface area (Å²) in [4.78, 5) is 10.9. The van der Waals surface area contributed by atoms with E-state index in [1.54, 1.807) is 0 Å². The van der Waals surface area contributed by atoms with Crippen LogP contribution < -0.4 is 0 Å². The Kier molecular flexibility index (Phi) is 5.39. The lowest BCUT2D eigenvalue weighted by Crippen LogP contribution is -2.04. The number of aldehydes is 1. The van der Waals surface area contributed by atoms with Gasteiger partial charge in [0.2, 0.25) is 0 Å². The van der Waals surface area contributed by atoms with Crippen LogP contribution in [0.1, 0.15) is 50.2 Å². The van der Waals surface area contributed by atoms with Crippen molar-refractivity contribution in [2.24, 2.45) is 5.92 Å². The molecule has 0 N–H and O–H groups in total. The lowest BCUT2D eigenvalue weighted by molar-refractivity contribution is -0.110. The molecule has 0 fully saturated rings. The van der Waals surface area contributed by atoms with Gasteiger partial charge in [-0.3, -0.25) is 0 Å². The highest BCUT2D eigenvalue weighted by atomic mass is 16.1. The maximum atomic E-state index is 10.9. The van der Waals surface area contributed by atoms with Crippen LogP contribution in [0.2, 0.25) is 0 Å². The molecular formula is C16H25NO. The summed E-state index contributed by atoms with van der Waals surface area (Å²) in [5.41, 5.74) is 5.36. The lowest BCUT2D eigenvalue weighted by atomic mass is 9.96. The van der Waals surface area contributed by atoms with Gasteiger partial charge >= 0.3 is 0 Å². The summed E-state index contributed by atoms with van der Waals surface area (Å²) in [6, 6.07) is 0. The van der Waals surface area contributed by atoms with E-state index in [4.69, 9.17) is 0 Å². The van der Waals surface area contributed by atoms with Crippen LogP contribution in [-0.4, -0.2) is 10.9 Å². The van der Waals surface area contributed by atoms with Crippen molar-refractivity contribution >= 4 is 12.4 Å². The molecule has 18 heavy (non-hydrogen) atoms. The minimum Gasteiger partial charge on any atom is -0.345 e. The summed E-state index contributed by atoms with van der Waals surface area (Å²) in [5.74, 6) is 0.0754. The fourth-order valence-electron chi connectivity index (χ4n) is 2.81. The van der Waals surface area contributed by atoms with Gasteiger partial charge in [0.25, 0.3) is 0 Å². The Bertz CT molecular complexity index is 429. The third kappa shape index (κ3) is 2.58. The second kappa shape index (κ2) is 6.58. The first-order valence-corrected chi connectivity index (χ1v) is 6.95. The van der Waals surface area contributed by atoms with Gasteiger partial charge in [-0.05, 0) is 43.4 Å². The van der Waals surface area contributed by atoms with E-state index in [0.29, 0.717) is 0 Å². The number of carbonyl (C=O) groups excluding carboxylic acids is 1. The van der Waals surface area contributed by atoms with Crippen LogP contribution in [0.15, 0.2) is 6.58 Å². The lowest BCUT2D eigenvalue weighted by Gasteiger charge is -2.08. The minimum absolute atomic E-state index is 0.0754. The molecule has 1 atom stereocenters. The third-order valence-electron chi connectivity index (χ3n) is 3.59. The van der Waals surface area contributed by atoms with Crippen LogP contribution in [0.4, 0.5) is 0 Å². The highest BCUT2D eigenvalue weighted by Gasteiger charge is 2.19. The average molecular weight is 247 g/mol. The predicted molar refractivity (Wildman–Crippen MR) is 77.9 cm³/mol. The van der Waals surface area contributed by atoms with E-state index in [-0.39, 0.29) is 5.92 Å². The van der Waals surface area contributed by atoms with E-state index in [9.17, 15) is 4.79 Å². The van der Waals surface area contributed by atoms with Gasteiger partial charge in [0, 0.05) is 23.9 Å². The van der Waals surface area contributed by atoms with Gasteiger partial charge < -0.3 is 9.36 Å². The van der Waals surface area contributed by atoms with Crippen LogP contribution in [0, 0.1) is 5.92 Å². The maximum absolute atomic E-state index is 10.9. The highest BCUT2D eigenvalue weighted by molar-refractivity contribution is 5.59. The number of hydrogen-bond donors (Lipinski definition) is 0. The van der Waals surface area contributed by atoms with Crippen molar-refractivity contribution in [1.29, 1.82) is 0 Å². The molecule has 0 amide bonds. The SMILES string of the molecule is C=Cc1c(C[C@H](C)C=O)c(CC)c(CC)n1CC. The largest absolute Gasteiger partial charge is 0.345 e. The van der Waals surface area contributed by atoms with Crippen molar-refractivity contribution in [3.63, 3.8) is 0 Å². The quantitative estimate of drug-likeness (QED) is 0.674. The molecule has 0 aliphatic carbocycles. The fourth-order valence-corrected chi connectivity index (χ4v) is 2.81. The molecule has 0 saturated carbocycles. The number of aromatic nitrogens is 1. The summed E-state index contributed by atoms with van der Waals surface area (Å²) < 4.78 is 2.35. The van der Waals surface area contributed by atoms with Gasteiger partial charge in [-0.2, -0.15) is 0 Å². The molecule has 0 unspecified atom stereocenters. The summed E-state index contributed by atoms with van der Waals surface area (Å²) in [6.45, 7) is 13.4. The van der Waals surface area contributed by atoms with Crippen molar-refractivity contribution in [3.05, 3.63) is 29.1 Å². The molecule has 0 radical (unpaired) electrons. The van der Waals surface area contributed by atoms with Crippen LogP contribution in [0.25, 0.3) is 6.08 Å². The first-order chi connectivity index (χ1) is 8.64. The van der Waals surface area contributed by atoms with Gasteiger partial charge in [0.15, 0.2) is 0 Å². The molecule has 0 spiro atoms. The molecule has 1 heterocycles. The maximum Gasteiger partial charge on any atom is 0.123 e. The van der Waals surface area contributed by atoms with Crippen molar-refractivity contribution in [3.8, 4) is 0 Å². The molecular weight excluding hydrogens is 222 g/mol. The third-order valence-corrected chi connectivity index (χ3v) is 3.59. The van der Waals surface area contributed by atoms with Crippen molar-refractivity contribution in [2.45, 2.75) is 53.5 Å². The predicted octanol–water partition coefficient (Wildman–Crippen LogP) is 3.65. The number of carbonyl (C=O) groups is 1. The van der Waals surface area contributed by atoms with E-state index in [0.717, 1.165) is 32.1 Å². The Morgan fingerprint density at radius 1 is 1.22 bits per heavy atom. The Balaban J connectivity index is 3.40. The van der Waals surface area contributed by atoms with E-state index in [1.165, 1.54) is 22.5 Å². The molecule has 0 aliphatic heterocycles. The van der Waals surface area contributed by atoms with Crippen LogP contribution >= 0.6 is 0 Å². The summed E-state index contributed by atoms with van der Waals surface area (Å²) in [6.07, 6.45) is 5.87. The monoisotopic (exact) mass is 247 g/mol. The normalized spacial score (nSPS) is 12.4.